The number of hydrogen-bond acceptors (Lipinski definition) is 5. The monoisotopic (exact) mass is 326 g/mol. The van der Waals surface area contributed by atoms with Crippen LogP contribution in [0.1, 0.15) is 10.4 Å². The van der Waals surface area contributed by atoms with Crippen LogP contribution in [0.5, 0.6) is 0 Å². The molecule has 6 heteroatoms. The van der Waals surface area contributed by atoms with Crippen molar-refractivity contribution in [2.24, 2.45) is 0 Å². The molecular weight excluding hydrogens is 312 g/mol. The van der Waals surface area contributed by atoms with Gasteiger partial charge in [-0.2, -0.15) is 0 Å². The highest BCUT2D eigenvalue weighted by Gasteiger charge is 2.11. The molecule has 0 aliphatic rings. The number of anilines is 2. The van der Waals surface area contributed by atoms with E-state index in [0.717, 1.165) is 28.2 Å². The van der Waals surface area contributed by atoms with Crippen LogP contribution in [0, 0.1) is 6.92 Å². The summed E-state index contributed by atoms with van der Waals surface area (Å²) in [4.78, 5) is 12.0. The van der Waals surface area contributed by atoms with Gasteiger partial charge in [0.05, 0.1) is 6.54 Å². The molecule has 0 radical (unpaired) electrons. The number of rotatable bonds is 4. The van der Waals surface area contributed by atoms with E-state index in [1.807, 2.05) is 21.0 Å². The van der Waals surface area contributed by atoms with Gasteiger partial charge >= 0.3 is 0 Å². The Balaban J connectivity index is 2.21. The van der Waals surface area contributed by atoms with Gasteiger partial charge in [-0.25, -0.2) is 9.97 Å². The van der Waals surface area contributed by atoms with Gasteiger partial charge in [-0.05, 0) is 28.9 Å². The first-order valence-corrected chi connectivity index (χ1v) is 7.22. The average Bonchev–Trinajstić information content (AvgIpc) is 2.75. The summed E-state index contributed by atoms with van der Waals surface area (Å²) in [6, 6.07) is 2.14. The molecule has 1 N–H and O–H groups in total. The van der Waals surface area contributed by atoms with E-state index in [2.05, 4.69) is 47.6 Å². The molecule has 2 heterocycles. The van der Waals surface area contributed by atoms with Crippen LogP contribution < -0.4 is 10.2 Å². The molecular formula is C12H15BrN4S. The summed E-state index contributed by atoms with van der Waals surface area (Å²) in [5, 5.41) is 5.17. The first kappa shape index (κ1) is 13.3. The molecule has 2 aromatic rings. The molecule has 0 aliphatic carbocycles. The van der Waals surface area contributed by atoms with Gasteiger partial charge in [0, 0.05) is 34.4 Å². The summed E-state index contributed by atoms with van der Waals surface area (Å²) >= 11 is 5.21. The van der Waals surface area contributed by atoms with Gasteiger partial charge < -0.3 is 10.2 Å². The predicted molar refractivity (Wildman–Crippen MR) is 80.4 cm³/mol. The fraction of sp³-hybridized carbons (Fsp3) is 0.333. The van der Waals surface area contributed by atoms with Crippen molar-refractivity contribution in [3.05, 3.63) is 32.7 Å². The molecule has 0 amide bonds. The third kappa shape index (κ3) is 2.81. The van der Waals surface area contributed by atoms with E-state index < -0.39 is 0 Å². The smallest absolute Gasteiger partial charge is 0.137 e. The first-order valence-electron chi connectivity index (χ1n) is 5.55. The third-order valence-electron chi connectivity index (χ3n) is 2.67. The molecule has 0 fully saturated rings. The van der Waals surface area contributed by atoms with Crippen molar-refractivity contribution in [3.8, 4) is 0 Å². The molecule has 18 heavy (non-hydrogen) atoms. The number of nitrogens with one attached hydrogen (secondary N) is 1. The minimum Gasteiger partial charge on any atom is -0.373 e. The van der Waals surface area contributed by atoms with Crippen LogP contribution in [0.15, 0.2) is 22.2 Å². The van der Waals surface area contributed by atoms with Crippen LogP contribution in [0.25, 0.3) is 0 Å². The average molecular weight is 327 g/mol. The largest absolute Gasteiger partial charge is 0.373 e. The molecule has 0 aliphatic heterocycles. The Bertz CT molecular complexity index is 541. The quantitative estimate of drug-likeness (QED) is 0.936. The van der Waals surface area contributed by atoms with Gasteiger partial charge in [0.25, 0.3) is 0 Å². The number of hydrogen-bond donors (Lipinski definition) is 1. The van der Waals surface area contributed by atoms with Crippen LogP contribution in [-0.2, 0) is 6.54 Å². The number of halogens is 1. The van der Waals surface area contributed by atoms with Crippen LogP contribution >= 0.6 is 27.3 Å². The van der Waals surface area contributed by atoms with E-state index in [-0.39, 0.29) is 0 Å². The third-order valence-corrected chi connectivity index (χ3v) is 4.35. The van der Waals surface area contributed by atoms with E-state index in [1.165, 1.54) is 4.88 Å². The van der Waals surface area contributed by atoms with Gasteiger partial charge in [-0.3, -0.25) is 0 Å². The molecule has 0 unspecified atom stereocenters. The molecule has 96 valence electrons. The maximum absolute atomic E-state index is 4.36. The van der Waals surface area contributed by atoms with Gasteiger partial charge in [0.2, 0.25) is 0 Å². The van der Waals surface area contributed by atoms with E-state index >= 15 is 0 Å². The summed E-state index contributed by atoms with van der Waals surface area (Å²) in [6.07, 6.45) is 1.59. The van der Waals surface area contributed by atoms with E-state index in [0.29, 0.717) is 0 Å². The van der Waals surface area contributed by atoms with Crippen LogP contribution in [-0.4, -0.2) is 24.1 Å². The Labute approximate surface area is 119 Å². The Morgan fingerprint density at radius 3 is 2.83 bits per heavy atom. The second-order valence-electron chi connectivity index (χ2n) is 4.01. The molecule has 2 rings (SSSR count). The molecule has 2 aromatic heterocycles. The van der Waals surface area contributed by atoms with Crippen LogP contribution in [0.4, 0.5) is 11.6 Å². The van der Waals surface area contributed by atoms with Gasteiger partial charge in [-0.1, -0.05) is 0 Å². The second-order valence-corrected chi connectivity index (χ2v) is 5.92. The van der Waals surface area contributed by atoms with Gasteiger partial charge in [-0.15, -0.1) is 11.3 Å². The predicted octanol–water partition coefficient (Wildman–Crippen LogP) is 3.29. The summed E-state index contributed by atoms with van der Waals surface area (Å²) in [6.45, 7) is 2.87. The number of aromatic nitrogens is 2. The normalized spacial score (nSPS) is 10.4. The van der Waals surface area contributed by atoms with Crippen molar-refractivity contribution in [2.75, 3.05) is 24.3 Å². The zero-order chi connectivity index (χ0) is 13.1. The number of thiophene rings is 1. The maximum atomic E-state index is 4.36. The van der Waals surface area contributed by atoms with Crippen molar-refractivity contribution in [3.63, 3.8) is 0 Å². The summed E-state index contributed by atoms with van der Waals surface area (Å²) in [5.41, 5.74) is 1.07. The minimum absolute atomic E-state index is 0.845. The molecule has 0 aromatic carbocycles. The highest BCUT2D eigenvalue weighted by atomic mass is 79.9. The first-order chi connectivity index (χ1) is 8.61. The topological polar surface area (TPSA) is 41.1 Å². The fourth-order valence-corrected chi connectivity index (χ4v) is 3.33. The summed E-state index contributed by atoms with van der Waals surface area (Å²) < 4.78 is 1.13. The Morgan fingerprint density at radius 1 is 1.44 bits per heavy atom. The lowest BCUT2D eigenvalue weighted by Crippen LogP contribution is -2.19. The summed E-state index contributed by atoms with van der Waals surface area (Å²) in [7, 11) is 3.91. The van der Waals surface area contributed by atoms with E-state index in [4.69, 9.17) is 0 Å². The summed E-state index contributed by atoms with van der Waals surface area (Å²) in [5.74, 6) is 1.83. The minimum atomic E-state index is 0.845. The second kappa shape index (κ2) is 5.67. The SMILES string of the molecule is CNc1ncnc(N(C)Cc2cc(Br)cs2)c1C. The lowest BCUT2D eigenvalue weighted by molar-refractivity contribution is 0.895. The van der Waals surface area contributed by atoms with Crippen molar-refractivity contribution < 1.29 is 0 Å². The standard InChI is InChI=1S/C12H15BrN4S/c1-8-11(14-2)15-7-16-12(8)17(3)5-10-4-9(13)6-18-10/h4,6-7H,5H2,1-3H3,(H,14,15,16). The zero-order valence-corrected chi connectivity index (χ0v) is 13.0. The molecule has 0 atom stereocenters. The lowest BCUT2D eigenvalue weighted by Gasteiger charge is -2.20. The Hall–Kier alpha value is -1.14. The van der Waals surface area contributed by atoms with Crippen molar-refractivity contribution in [1.29, 1.82) is 0 Å². The Kier molecular flexibility index (Phi) is 4.19. The van der Waals surface area contributed by atoms with Gasteiger partial charge in [0.1, 0.15) is 18.0 Å². The fourth-order valence-electron chi connectivity index (χ4n) is 1.82. The van der Waals surface area contributed by atoms with Crippen molar-refractivity contribution in [2.45, 2.75) is 13.5 Å². The zero-order valence-electron chi connectivity index (χ0n) is 10.6. The van der Waals surface area contributed by atoms with Crippen LogP contribution in [0.2, 0.25) is 0 Å². The Morgan fingerprint density at radius 2 is 2.22 bits per heavy atom. The highest BCUT2D eigenvalue weighted by molar-refractivity contribution is 9.10. The van der Waals surface area contributed by atoms with Crippen LogP contribution in [0.3, 0.4) is 0 Å². The highest BCUT2D eigenvalue weighted by Crippen LogP contribution is 2.25. The lowest BCUT2D eigenvalue weighted by atomic mass is 10.3. The van der Waals surface area contributed by atoms with E-state index in [9.17, 15) is 0 Å². The van der Waals surface area contributed by atoms with Crippen molar-refractivity contribution >= 4 is 38.9 Å². The molecule has 0 saturated heterocycles. The molecule has 0 spiro atoms. The van der Waals surface area contributed by atoms with Gasteiger partial charge in [0.15, 0.2) is 0 Å². The molecule has 4 nitrogen and oxygen atoms in total. The molecule has 0 bridgehead atoms. The van der Waals surface area contributed by atoms with Crippen molar-refractivity contribution in [1.82, 2.24) is 9.97 Å². The number of nitrogens with zero attached hydrogens (tertiary/aromatic N) is 3. The van der Waals surface area contributed by atoms with E-state index in [1.54, 1.807) is 17.7 Å². The molecule has 0 saturated carbocycles. The maximum Gasteiger partial charge on any atom is 0.137 e.